The van der Waals surface area contributed by atoms with Crippen LogP contribution in [-0.4, -0.2) is 54.6 Å². The van der Waals surface area contributed by atoms with Gasteiger partial charge in [-0.1, -0.05) is 0 Å². The molecule has 1 heterocycles. The molecule has 0 aliphatic carbocycles. The average molecular weight is 448 g/mol. The molecule has 2 rings (SSSR count). The monoisotopic (exact) mass is 448 g/mol. The minimum atomic E-state index is -1.08. The highest BCUT2D eigenvalue weighted by Gasteiger charge is 2.28. The van der Waals surface area contributed by atoms with Crippen LogP contribution in [0.25, 0.3) is 0 Å². The van der Waals surface area contributed by atoms with E-state index in [-0.39, 0.29) is 41.5 Å². The van der Waals surface area contributed by atoms with Crippen LogP contribution in [0.1, 0.15) is 56.3 Å². The van der Waals surface area contributed by atoms with Gasteiger partial charge >= 0.3 is 11.9 Å². The molecular formula is C21H24N2O9. The summed E-state index contributed by atoms with van der Waals surface area (Å²) in [5.74, 6) is -2.07. The van der Waals surface area contributed by atoms with Crippen molar-refractivity contribution < 1.29 is 38.3 Å². The molecule has 172 valence electrons. The first-order valence-electron chi connectivity index (χ1n) is 9.71. The summed E-state index contributed by atoms with van der Waals surface area (Å²) < 4.78 is 20.4. The van der Waals surface area contributed by atoms with E-state index >= 15 is 0 Å². The van der Waals surface area contributed by atoms with Crippen molar-refractivity contribution in [1.29, 1.82) is 0 Å². The number of carbonyl (C=O) groups excluding carboxylic acids is 3. The highest BCUT2D eigenvalue weighted by atomic mass is 16.6. The molecule has 0 fully saturated rings. The quantitative estimate of drug-likeness (QED) is 0.250. The Balaban J connectivity index is 2.28. The Hall–Kier alpha value is -3.89. The molecule has 0 saturated heterocycles. The molecule has 0 atom stereocenters. The van der Waals surface area contributed by atoms with Crippen molar-refractivity contribution in [3.8, 4) is 11.5 Å². The number of hydrogen-bond donors (Lipinski definition) is 1. The Morgan fingerprint density at radius 1 is 1.03 bits per heavy atom. The number of carbonyl (C=O) groups is 3. The van der Waals surface area contributed by atoms with Crippen LogP contribution >= 0.6 is 0 Å². The summed E-state index contributed by atoms with van der Waals surface area (Å²) in [6, 6.07) is 2.19. The van der Waals surface area contributed by atoms with Gasteiger partial charge in [0.2, 0.25) is 5.78 Å². The van der Waals surface area contributed by atoms with E-state index in [2.05, 4.69) is 4.98 Å². The smallest absolute Gasteiger partial charge is 0.355 e. The number of benzene rings is 1. The fourth-order valence-corrected chi connectivity index (χ4v) is 3.15. The minimum Gasteiger partial charge on any atom is -0.493 e. The fourth-order valence-electron chi connectivity index (χ4n) is 3.15. The van der Waals surface area contributed by atoms with Gasteiger partial charge in [-0.2, -0.15) is 0 Å². The highest BCUT2D eigenvalue weighted by molar-refractivity contribution is 6.04. The SMILES string of the molecule is CCOC(=O)c1[nH]c(C)c(C(=O)COC(=O)c2cc(OCC)c(OC)cc2[N+](=O)[O-])c1C. The van der Waals surface area contributed by atoms with E-state index in [4.69, 9.17) is 18.9 Å². The Morgan fingerprint density at radius 3 is 2.28 bits per heavy atom. The van der Waals surface area contributed by atoms with Gasteiger partial charge in [0.1, 0.15) is 11.3 Å². The average Bonchev–Trinajstić information content (AvgIpc) is 3.05. The number of esters is 2. The summed E-state index contributed by atoms with van der Waals surface area (Å²) in [5.41, 5.74) is 0.131. The van der Waals surface area contributed by atoms with E-state index in [1.165, 1.54) is 7.11 Å². The van der Waals surface area contributed by atoms with Gasteiger partial charge < -0.3 is 23.9 Å². The Bertz CT molecular complexity index is 1060. The number of nitro benzene ring substituents is 1. The third kappa shape index (κ3) is 5.05. The van der Waals surface area contributed by atoms with Crippen molar-refractivity contribution in [3.05, 3.63) is 50.3 Å². The lowest BCUT2D eigenvalue weighted by atomic mass is 10.1. The maximum Gasteiger partial charge on any atom is 0.355 e. The molecule has 1 aromatic carbocycles. The van der Waals surface area contributed by atoms with E-state index in [0.717, 1.165) is 12.1 Å². The van der Waals surface area contributed by atoms with Crippen molar-refractivity contribution in [2.24, 2.45) is 0 Å². The van der Waals surface area contributed by atoms with Gasteiger partial charge in [-0.05, 0) is 33.3 Å². The van der Waals surface area contributed by atoms with Crippen LogP contribution in [0.4, 0.5) is 5.69 Å². The third-order valence-electron chi connectivity index (χ3n) is 4.53. The molecular weight excluding hydrogens is 424 g/mol. The maximum absolute atomic E-state index is 12.7. The van der Waals surface area contributed by atoms with Gasteiger partial charge in [-0.3, -0.25) is 14.9 Å². The number of aryl methyl sites for hydroxylation is 1. The normalized spacial score (nSPS) is 10.4. The second-order valence-corrected chi connectivity index (χ2v) is 6.56. The number of nitro groups is 1. The molecule has 0 aliphatic heterocycles. The number of nitrogens with one attached hydrogen (secondary N) is 1. The molecule has 0 radical (unpaired) electrons. The maximum atomic E-state index is 12.7. The molecule has 0 spiro atoms. The molecule has 0 saturated carbocycles. The number of aromatic amines is 1. The van der Waals surface area contributed by atoms with E-state index in [1.54, 1.807) is 27.7 Å². The summed E-state index contributed by atoms with van der Waals surface area (Å²) in [4.78, 5) is 50.7. The number of aromatic nitrogens is 1. The second kappa shape index (κ2) is 10.4. The number of rotatable bonds is 10. The molecule has 0 bridgehead atoms. The number of nitrogens with zero attached hydrogens (tertiary/aromatic N) is 1. The summed E-state index contributed by atoms with van der Waals surface area (Å²) in [7, 11) is 1.31. The fraction of sp³-hybridized carbons (Fsp3) is 0.381. The number of ether oxygens (including phenoxy) is 4. The molecule has 0 amide bonds. The number of methoxy groups -OCH3 is 1. The Morgan fingerprint density at radius 2 is 1.72 bits per heavy atom. The lowest BCUT2D eigenvalue weighted by Gasteiger charge is -2.11. The van der Waals surface area contributed by atoms with Crippen LogP contribution in [0.3, 0.4) is 0 Å². The van der Waals surface area contributed by atoms with Crippen molar-refractivity contribution >= 4 is 23.4 Å². The van der Waals surface area contributed by atoms with Crippen molar-refractivity contribution in [1.82, 2.24) is 4.98 Å². The van der Waals surface area contributed by atoms with Crippen molar-refractivity contribution in [3.63, 3.8) is 0 Å². The standard InChI is InChI=1S/C21H24N2O9/c1-6-30-17-8-13(14(23(27)28)9-16(17)29-5)20(25)32-10-15(24)18-11(3)19(22-12(18)4)21(26)31-7-2/h8-9,22H,6-7,10H2,1-5H3. The zero-order valence-corrected chi connectivity index (χ0v) is 18.4. The highest BCUT2D eigenvalue weighted by Crippen LogP contribution is 2.35. The summed E-state index contributed by atoms with van der Waals surface area (Å²) in [5, 5.41) is 11.4. The first kappa shape index (κ1) is 24.4. The van der Waals surface area contributed by atoms with Crippen LogP contribution < -0.4 is 9.47 Å². The first-order chi connectivity index (χ1) is 15.2. The van der Waals surface area contributed by atoms with Crippen molar-refractivity contribution in [2.45, 2.75) is 27.7 Å². The molecule has 0 aliphatic rings. The summed E-state index contributed by atoms with van der Waals surface area (Å²) in [6.07, 6.45) is 0. The second-order valence-electron chi connectivity index (χ2n) is 6.56. The minimum absolute atomic E-state index is 0.0799. The molecule has 32 heavy (non-hydrogen) atoms. The largest absolute Gasteiger partial charge is 0.493 e. The molecule has 1 N–H and O–H groups in total. The first-order valence-corrected chi connectivity index (χ1v) is 9.71. The van der Waals surface area contributed by atoms with Crippen LogP contribution in [-0.2, 0) is 9.47 Å². The number of hydrogen-bond acceptors (Lipinski definition) is 9. The van der Waals surface area contributed by atoms with E-state index in [0.29, 0.717) is 11.3 Å². The summed E-state index contributed by atoms with van der Waals surface area (Å²) in [6.45, 7) is 6.22. The van der Waals surface area contributed by atoms with Gasteiger partial charge in [-0.25, -0.2) is 9.59 Å². The van der Waals surface area contributed by atoms with Crippen LogP contribution in [0, 0.1) is 24.0 Å². The molecule has 11 heteroatoms. The van der Waals surface area contributed by atoms with E-state index < -0.39 is 34.9 Å². The van der Waals surface area contributed by atoms with Crippen molar-refractivity contribution in [2.75, 3.05) is 26.9 Å². The van der Waals surface area contributed by atoms with Gasteiger partial charge in [-0.15, -0.1) is 0 Å². The van der Waals surface area contributed by atoms with Gasteiger partial charge in [0, 0.05) is 17.3 Å². The van der Waals surface area contributed by atoms with Crippen LogP contribution in [0.15, 0.2) is 12.1 Å². The lowest BCUT2D eigenvalue weighted by molar-refractivity contribution is -0.385. The van der Waals surface area contributed by atoms with Crippen LogP contribution in [0.2, 0.25) is 0 Å². The zero-order valence-electron chi connectivity index (χ0n) is 18.4. The van der Waals surface area contributed by atoms with Gasteiger partial charge in [0.05, 0.1) is 31.3 Å². The molecule has 11 nitrogen and oxygen atoms in total. The number of Topliss-reactive ketones (excluding diaryl/α,β-unsaturated/α-hetero) is 1. The summed E-state index contributed by atoms with van der Waals surface area (Å²) >= 11 is 0. The molecule has 0 unspecified atom stereocenters. The van der Waals surface area contributed by atoms with E-state index in [9.17, 15) is 24.5 Å². The predicted molar refractivity (Wildman–Crippen MR) is 112 cm³/mol. The van der Waals surface area contributed by atoms with Gasteiger partial charge in [0.25, 0.3) is 5.69 Å². The van der Waals surface area contributed by atoms with Gasteiger partial charge in [0.15, 0.2) is 18.1 Å². The third-order valence-corrected chi connectivity index (χ3v) is 4.53. The predicted octanol–water partition coefficient (Wildman–Crippen LogP) is 3.16. The zero-order chi connectivity index (χ0) is 24.0. The lowest BCUT2D eigenvalue weighted by Crippen LogP contribution is -2.17. The number of ketones is 1. The van der Waals surface area contributed by atoms with E-state index in [1.807, 2.05) is 0 Å². The Labute approximate surface area is 183 Å². The Kier molecular flexibility index (Phi) is 7.94. The molecule has 2 aromatic rings. The van der Waals surface area contributed by atoms with Crippen LogP contribution in [0.5, 0.6) is 11.5 Å². The molecule has 1 aromatic heterocycles. The topological polar surface area (TPSA) is 147 Å². The number of H-pyrrole nitrogens is 1.